The Morgan fingerprint density at radius 2 is 0.710 bits per heavy atom. The van der Waals surface area contributed by atoms with Crippen LogP contribution in [0.3, 0.4) is 0 Å². The van der Waals surface area contributed by atoms with Crippen molar-refractivity contribution in [2.75, 3.05) is 0 Å². The van der Waals surface area contributed by atoms with Crippen LogP contribution in [-0.4, -0.2) is 19.1 Å². The highest BCUT2D eigenvalue weighted by molar-refractivity contribution is 6.12. The second-order valence-corrected chi connectivity index (χ2v) is 15.8. The van der Waals surface area contributed by atoms with Gasteiger partial charge in [0.2, 0.25) is 0 Å². The van der Waals surface area contributed by atoms with Crippen molar-refractivity contribution in [1.29, 1.82) is 0 Å². The molecule has 9 aromatic carbocycles. The standard InChI is InChI=1S/C58H38N4/c1-3-12-41(13-4-1)53-34-35-59-58(60-53)42-24-22-39(23-25-42)40-26-30-48(31-27-40)62-55-21-10-8-19-50(55)52-38-46(29-33-57(52)62)44-15-11-14-43(36-44)45-28-32-56-51(37-45)49-18-7-9-20-54(49)61(56)47-16-5-2-6-17-47/h1-38H. The molecule has 0 radical (unpaired) electrons. The average Bonchev–Trinajstić information content (AvgIpc) is 3.87. The van der Waals surface area contributed by atoms with E-state index in [-0.39, 0.29) is 0 Å². The minimum Gasteiger partial charge on any atom is -0.309 e. The number of fused-ring (bicyclic) bond motifs is 6. The Morgan fingerprint density at radius 1 is 0.274 bits per heavy atom. The molecule has 4 nitrogen and oxygen atoms in total. The first kappa shape index (κ1) is 35.6. The lowest BCUT2D eigenvalue weighted by atomic mass is 9.97. The van der Waals surface area contributed by atoms with E-state index in [1.807, 2.05) is 30.5 Å². The molecule has 0 unspecified atom stereocenters. The van der Waals surface area contributed by atoms with E-state index in [9.17, 15) is 0 Å². The van der Waals surface area contributed by atoms with Crippen molar-refractivity contribution in [3.63, 3.8) is 0 Å². The molecule has 290 valence electrons. The third-order valence-electron chi connectivity index (χ3n) is 12.2. The summed E-state index contributed by atoms with van der Waals surface area (Å²) in [6.07, 6.45) is 1.83. The van der Waals surface area contributed by atoms with Gasteiger partial charge < -0.3 is 9.13 Å². The maximum absolute atomic E-state index is 4.86. The lowest BCUT2D eigenvalue weighted by molar-refractivity contribution is 1.18. The molecule has 0 N–H and O–H groups in total. The number of rotatable bonds is 7. The molecule has 0 saturated carbocycles. The summed E-state index contributed by atoms with van der Waals surface area (Å²) in [4.78, 5) is 9.43. The lowest BCUT2D eigenvalue weighted by Gasteiger charge is -2.11. The molecule has 0 aliphatic rings. The van der Waals surface area contributed by atoms with E-state index in [1.54, 1.807) is 0 Å². The number of para-hydroxylation sites is 3. The Balaban J connectivity index is 0.862. The Labute approximate surface area is 359 Å². The minimum absolute atomic E-state index is 0.719. The van der Waals surface area contributed by atoms with E-state index < -0.39 is 0 Å². The number of benzene rings is 9. The summed E-state index contributed by atoms with van der Waals surface area (Å²) in [5.41, 5.74) is 17.2. The largest absolute Gasteiger partial charge is 0.309 e. The van der Waals surface area contributed by atoms with Crippen molar-refractivity contribution >= 4 is 43.6 Å². The zero-order chi connectivity index (χ0) is 41.0. The maximum atomic E-state index is 4.86. The third-order valence-corrected chi connectivity index (χ3v) is 12.2. The third kappa shape index (κ3) is 6.08. The molecule has 0 aliphatic heterocycles. The van der Waals surface area contributed by atoms with Crippen molar-refractivity contribution < 1.29 is 0 Å². The van der Waals surface area contributed by atoms with Crippen LogP contribution >= 0.6 is 0 Å². The molecule has 3 aromatic heterocycles. The first-order valence-electron chi connectivity index (χ1n) is 21.1. The van der Waals surface area contributed by atoms with E-state index >= 15 is 0 Å². The van der Waals surface area contributed by atoms with Crippen molar-refractivity contribution in [1.82, 2.24) is 19.1 Å². The van der Waals surface area contributed by atoms with Crippen LogP contribution in [-0.2, 0) is 0 Å². The second-order valence-electron chi connectivity index (χ2n) is 15.8. The molecule has 0 aliphatic carbocycles. The van der Waals surface area contributed by atoms with Gasteiger partial charge in [0.25, 0.3) is 0 Å². The van der Waals surface area contributed by atoms with Gasteiger partial charge in [-0.1, -0.05) is 152 Å². The summed E-state index contributed by atoms with van der Waals surface area (Å²) >= 11 is 0. The van der Waals surface area contributed by atoms with Gasteiger partial charge in [-0.05, 0) is 106 Å². The van der Waals surface area contributed by atoms with Gasteiger partial charge >= 0.3 is 0 Å². The van der Waals surface area contributed by atoms with Crippen molar-refractivity contribution in [3.8, 4) is 67.4 Å². The van der Waals surface area contributed by atoms with Crippen LogP contribution in [0.2, 0.25) is 0 Å². The van der Waals surface area contributed by atoms with Gasteiger partial charge in [0.05, 0.1) is 27.8 Å². The second kappa shape index (κ2) is 14.7. The van der Waals surface area contributed by atoms with Gasteiger partial charge in [0, 0.05) is 50.2 Å². The molecule has 4 heteroatoms. The molecule has 12 aromatic rings. The first-order valence-corrected chi connectivity index (χ1v) is 21.1. The lowest BCUT2D eigenvalue weighted by Crippen LogP contribution is -1.94. The van der Waals surface area contributed by atoms with Gasteiger partial charge in [0.15, 0.2) is 5.82 Å². The molecule has 0 fully saturated rings. The highest BCUT2D eigenvalue weighted by atomic mass is 15.0. The summed E-state index contributed by atoms with van der Waals surface area (Å²) in [5, 5.41) is 4.98. The maximum Gasteiger partial charge on any atom is 0.159 e. The minimum atomic E-state index is 0.719. The van der Waals surface area contributed by atoms with Gasteiger partial charge in [-0.25, -0.2) is 9.97 Å². The zero-order valence-corrected chi connectivity index (χ0v) is 33.7. The fraction of sp³-hybridized carbons (Fsp3) is 0. The molecule has 3 heterocycles. The normalized spacial score (nSPS) is 11.5. The molecule has 0 saturated heterocycles. The number of nitrogens with zero attached hydrogens (tertiary/aromatic N) is 4. The molecule has 0 atom stereocenters. The Hall–Kier alpha value is -8.34. The van der Waals surface area contributed by atoms with Crippen molar-refractivity contribution in [3.05, 3.63) is 231 Å². The van der Waals surface area contributed by atoms with Gasteiger partial charge in [-0.3, -0.25) is 0 Å². The summed E-state index contributed by atoms with van der Waals surface area (Å²) in [5.74, 6) is 0.719. The number of hydrogen-bond acceptors (Lipinski definition) is 2. The van der Waals surface area contributed by atoms with Crippen LogP contribution in [0.15, 0.2) is 231 Å². The predicted octanol–water partition coefficient (Wildman–Crippen LogP) is 15.0. The highest BCUT2D eigenvalue weighted by Crippen LogP contribution is 2.38. The molecule has 0 bridgehead atoms. The summed E-state index contributed by atoms with van der Waals surface area (Å²) < 4.78 is 4.75. The van der Waals surface area contributed by atoms with Crippen LogP contribution in [0, 0.1) is 0 Å². The SMILES string of the molecule is c1ccc(-c2ccnc(-c3ccc(-c4ccc(-n5c6ccccc6c6cc(-c7cccc(-c8ccc9c(c8)c8ccccc8n9-c8ccccc8)c7)ccc65)cc4)cc3)n2)cc1. The van der Waals surface area contributed by atoms with E-state index in [2.05, 4.69) is 214 Å². The van der Waals surface area contributed by atoms with Crippen molar-refractivity contribution in [2.45, 2.75) is 0 Å². The van der Waals surface area contributed by atoms with E-state index in [4.69, 9.17) is 4.98 Å². The summed E-state index contributed by atoms with van der Waals surface area (Å²) in [7, 11) is 0. The molecular weight excluding hydrogens is 753 g/mol. The van der Waals surface area contributed by atoms with Crippen LogP contribution in [0.4, 0.5) is 0 Å². The van der Waals surface area contributed by atoms with Crippen LogP contribution in [0.1, 0.15) is 0 Å². The molecular formula is C58H38N4. The summed E-state index contributed by atoms with van der Waals surface area (Å²) in [6, 6.07) is 80.5. The summed E-state index contributed by atoms with van der Waals surface area (Å²) in [6.45, 7) is 0. The topological polar surface area (TPSA) is 35.6 Å². The van der Waals surface area contributed by atoms with E-state index in [0.29, 0.717) is 0 Å². The smallest absolute Gasteiger partial charge is 0.159 e. The van der Waals surface area contributed by atoms with Crippen LogP contribution in [0.5, 0.6) is 0 Å². The number of aromatic nitrogens is 4. The van der Waals surface area contributed by atoms with Crippen molar-refractivity contribution in [2.24, 2.45) is 0 Å². The number of hydrogen-bond donors (Lipinski definition) is 0. The molecule has 12 rings (SSSR count). The van der Waals surface area contributed by atoms with Gasteiger partial charge in [0.1, 0.15) is 0 Å². The average molecular weight is 791 g/mol. The van der Waals surface area contributed by atoms with E-state index in [1.165, 1.54) is 71.6 Å². The first-order chi connectivity index (χ1) is 30.7. The van der Waals surface area contributed by atoms with E-state index in [0.717, 1.165) is 39.5 Å². The molecule has 62 heavy (non-hydrogen) atoms. The van der Waals surface area contributed by atoms with Gasteiger partial charge in [-0.2, -0.15) is 0 Å². The Bertz CT molecular complexity index is 3600. The predicted molar refractivity (Wildman–Crippen MR) is 258 cm³/mol. The van der Waals surface area contributed by atoms with Crippen LogP contribution in [0.25, 0.3) is 111 Å². The van der Waals surface area contributed by atoms with Crippen LogP contribution < -0.4 is 0 Å². The Morgan fingerprint density at radius 3 is 1.31 bits per heavy atom. The Kier molecular flexibility index (Phi) is 8.46. The highest BCUT2D eigenvalue weighted by Gasteiger charge is 2.16. The fourth-order valence-electron chi connectivity index (χ4n) is 9.20. The monoisotopic (exact) mass is 790 g/mol. The zero-order valence-electron chi connectivity index (χ0n) is 33.7. The molecule has 0 spiro atoms. The molecule has 0 amide bonds. The fourth-order valence-corrected chi connectivity index (χ4v) is 9.20. The quantitative estimate of drug-likeness (QED) is 0.161. The van der Waals surface area contributed by atoms with Gasteiger partial charge in [-0.15, -0.1) is 0 Å².